The fourth-order valence-corrected chi connectivity index (χ4v) is 2.55. The molecule has 1 aromatic carbocycles. The van der Waals surface area contributed by atoms with Crippen molar-refractivity contribution >= 4 is 27.5 Å². The quantitative estimate of drug-likeness (QED) is 0.739. The first-order valence-corrected chi connectivity index (χ1v) is 8.78. The summed E-state index contributed by atoms with van der Waals surface area (Å²) in [5, 5.41) is 4.10. The monoisotopic (exact) mass is 331 g/mol. The van der Waals surface area contributed by atoms with Crippen molar-refractivity contribution in [1.82, 2.24) is 19.5 Å². The SMILES string of the molecule is COc1ccc2nc(-n3ccnc3)nc(NCCS(C)=O)c2c1. The summed E-state index contributed by atoms with van der Waals surface area (Å²) in [5.74, 6) is 2.50. The Hall–Kier alpha value is -2.48. The standard InChI is InChI=1S/C15H17N5O2S/c1-22-11-3-4-13-12(9-11)14(17-6-8-23(2)21)19-15(18-13)20-7-5-16-10-20/h3-5,7,9-10H,6,8H2,1-2H3,(H,17,18,19). The number of ether oxygens (including phenoxy) is 1. The van der Waals surface area contributed by atoms with Crippen molar-refractivity contribution in [3.05, 3.63) is 36.9 Å². The van der Waals surface area contributed by atoms with Gasteiger partial charge in [0.05, 0.1) is 12.6 Å². The Morgan fingerprint density at radius 1 is 1.35 bits per heavy atom. The molecule has 23 heavy (non-hydrogen) atoms. The molecule has 0 amide bonds. The van der Waals surface area contributed by atoms with Gasteiger partial charge in [-0.25, -0.2) is 9.97 Å². The first kappa shape index (κ1) is 15.4. The van der Waals surface area contributed by atoms with E-state index in [0.717, 1.165) is 16.7 Å². The second-order valence-corrected chi connectivity index (χ2v) is 6.48. The molecular weight excluding hydrogens is 314 g/mol. The highest BCUT2D eigenvalue weighted by Crippen LogP contribution is 2.26. The molecule has 0 aliphatic rings. The maximum absolute atomic E-state index is 11.3. The summed E-state index contributed by atoms with van der Waals surface area (Å²) in [6.07, 6.45) is 6.79. The molecule has 0 spiro atoms. The lowest BCUT2D eigenvalue weighted by Crippen LogP contribution is -2.12. The maximum Gasteiger partial charge on any atom is 0.237 e. The van der Waals surface area contributed by atoms with Gasteiger partial charge < -0.3 is 10.1 Å². The molecule has 0 aliphatic carbocycles. The minimum absolute atomic E-state index is 0.528. The molecule has 0 bridgehead atoms. The van der Waals surface area contributed by atoms with Crippen LogP contribution in [-0.2, 0) is 10.8 Å². The lowest BCUT2D eigenvalue weighted by molar-refractivity contribution is 0.415. The van der Waals surface area contributed by atoms with Crippen LogP contribution in [0, 0.1) is 0 Å². The zero-order valence-electron chi connectivity index (χ0n) is 12.9. The van der Waals surface area contributed by atoms with Gasteiger partial charge in [0.15, 0.2) is 0 Å². The van der Waals surface area contributed by atoms with Gasteiger partial charge in [-0.15, -0.1) is 0 Å². The molecule has 3 aromatic rings. The summed E-state index contributed by atoms with van der Waals surface area (Å²) in [7, 11) is 0.761. The molecule has 120 valence electrons. The van der Waals surface area contributed by atoms with E-state index in [1.54, 1.807) is 36.7 Å². The summed E-state index contributed by atoms with van der Waals surface area (Å²) < 4.78 is 18.3. The number of fused-ring (bicyclic) bond motifs is 1. The molecule has 2 heterocycles. The fourth-order valence-electron chi connectivity index (χ4n) is 2.16. The second kappa shape index (κ2) is 6.74. The molecule has 7 nitrogen and oxygen atoms in total. The second-order valence-electron chi connectivity index (χ2n) is 4.93. The van der Waals surface area contributed by atoms with Gasteiger partial charge in [-0.05, 0) is 18.2 Å². The highest BCUT2D eigenvalue weighted by atomic mass is 32.2. The van der Waals surface area contributed by atoms with Crippen molar-refractivity contribution < 1.29 is 8.95 Å². The van der Waals surface area contributed by atoms with E-state index < -0.39 is 10.8 Å². The van der Waals surface area contributed by atoms with Gasteiger partial charge in [0.2, 0.25) is 5.95 Å². The van der Waals surface area contributed by atoms with Gasteiger partial charge in [-0.2, -0.15) is 4.98 Å². The number of nitrogens with one attached hydrogen (secondary N) is 1. The Kier molecular flexibility index (Phi) is 4.52. The van der Waals surface area contributed by atoms with E-state index in [9.17, 15) is 4.21 Å². The number of hydrogen-bond acceptors (Lipinski definition) is 6. The molecule has 1 unspecified atom stereocenters. The van der Waals surface area contributed by atoms with Crippen molar-refractivity contribution in [1.29, 1.82) is 0 Å². The van der Waals surface area contributed by atoms with Gasteiger partial charge >= 0.3 is 0 Å². The van der Waals surface area contributed by atoms with Crippen molar-refractivity contribution in [3.8, 4) is 11.7 Å². The minimum atomic E-state index is -0.860. The normalized spacial score (nSPS) is 12.3. The predicted molar refractivity (Wildman–Crippen MR) is 90.6 cm³/mol. The summed E-state index contributed by atoms with van der Waals surface area (Å²) in [6.45, 7) is 0.565. The number of methoxy groups -OCH3 is 1. The Morgan fingerprint density at radius 3 is 2.91 bits per heavy atom. The fraction of sp³-hybridized carbons (Fsp3) is 0.267. The lowest BCUT2D eigenvalue weighted by Gasteiger charge is -2.11. The molecule has 0 fully saturated rings. The van der Waals surface area contributed by atoms with E-state index in [1.165, 1.54) is 0 Å². The van der Waals surface area contributed by atoms with E-state index in [1.807, 2.05) is 18.2 Å². The molecule has 2 aromatic heterocycles. The number of imidazole rings is 1. The first-order valence-electron chi connectivity index (χ1n) is 7.05. The van der Waals surface area contributed by atoms with Crippen molar-refractivity contribution in [2.24, 2.45) is 0 Å². The first-order chi connectivity index (χ1) is 11.2. The number of hydrogen-bond donors (Lipinski definition) is 1. The summed E-state index contributed by atoms with van der Waals surface area (Å²) in [5.41, 5.74) is 0.796. The third kappa shape index (κ3) is 3.48. The van der Waals surface area contributed by atoms with Crippen LogP contribution in [0.3, 0.4) is 0 Å². The Labute approximate surface area is 136 Å². The van der Waals surface area contributed by atoms with Crippen molar-refractivity contribution in [2.75, 3.05) is 31.0 Å². The Morgan fingerprint density at radius 2 is 2.22 bits per heavy atom. The molecule has 0 aliphatic heterocycles. The van der Waals surface area contributed by atoms with Crippen LogP contribution >= 0.6 is 0 Å². The number of rotatable bonds is 6. The zero-order chi connectivity index (χ0) is 16.2. The van der Waals surface area contributed by atoms with Gasteiger partial charge in [-0.1, -0.05) is 0 Å². The average Bonchev–Trinajstić information content (AvgIpc) is 3.08. The van der Waals surface area contributed by atoms with E-state index in [-0.39, 0.29) is 0 Å². The lowest BCUT2D eigenvalue weighted by atomic mass is 10.2. The zero-order valence-corrected chi connectivity index (χ0v) is 13.7. The molecule has 0 saturated heterocycles. The molecule has 1 atom stereocenters. The molecule has 3 rings (SSSR count). The van der Waals surface area contributed by atoms with Crippen LogP contribution in [-0.4, -0.2) is 49.4 Å². The Balaban J connectivity index is 2.05. The third-order valence-electron chi connectivity index (χ3n) is 3.31. The number of aromatic nitrogens is 4. The number of anilines is 1. The van der Waals surface area contributed by atoms with Gasteiger partial charge in [-0.3, -0.25) is 8.78 Å². The largest absolute Gasteiger partial charge is 0.497 e. The van der Waals surface area contributed by atoms with Gasteiger partial charge in [0.25, 0.3) is 0 Å². The van der Waals surface area contributed by atoms with Crippen LogP contribution in [0.5, 0.6) is 5.75 Å². The number of benzene rings is 1. The highest BCUT2D eigenvalue weighted by molar-refractivity contribution is 7.84. The third-order valence-corrected chi connectivity index (χ3v) is 4.09. The maximum atomic E-state index is 11.3. The van der Waals surface area contributed by atoms with E-state index >= 15 is 0 Å². The Bertz CT molecular complexity index is 835. The van der Waals surface area contributed by atoms with E-state index in [2.05, 4.69) is 20.3 Å². The molecular formula is C15H17N5O2S. The van der Waals surface area contributed by atoms with Crippen LogP contribution in [0.25, 0.3) is 16.9 Å². The topological polar surface area (TPSA) is 81.9 Å². The van der Waals surface area contributed by atoms with Gasteiger partial charge in [0.1, 0.15) is 17.9 Å². The summed E-state index contributed by atoms with van der Waals surface area (Å²) in [6, 6.07) is 5.63. The molecule has 8 heteroatoms. The average molecular weight is 331 g/mol. The predicted octanol–water partition coefficient (Wildman–Crippen LogP) is 1.61. The smallest absolute Gasteiger partial charge is 0.237 e. The van der Waals surface area contributed by atoms with Gasteiger partial charge in [0, 0.05) is 47.1 Å². The summed E-state index contributed by atoms with van der Waals surface area (Å²) in [4.78, 5) is 13.1. The van der Waals surface area contributed by atoms with Crippen LogP contribution in [0.1, 0.15) is 0 Å². The van der Waals surface area contributed by atoms with Crippen LogP contribution in [0.2, 0.25) is 0 Å². The van der Waals surface area contributed by atoms with Crippen molar-refractivity contribution in [2.45, 2.75) is 0 Å². The van der Waals surface area contributed by atoms with Crippen molar-refractivity contribution in [3.63, 3.8) is 0 Å². The van der Waals surface area contributed by atoms with Crippen LogP contribution in [0.15, 0.2) is 36.9 Å². The molecule has 1 N–H and O–H groups in total. The van der Waals surface area contributed by atoms with E-state index in [0.29, 0.717) is 24.1 Å². The highest BCUT2D eigenvalue weighted by Gasteiger charge is 2.10. The molecule has 0 saturated carbocycles. The van der Waals surface area contributed by atoms with E-state index in [4.69, 9.17) is 4.74 Å². The summed E-state index contributed by atoms with van der Waals surface area (Å²) >= 11 is 0. The minimum Gasteiger partial charge on any atom is -0.497 e. The molecule has 0 radical (unpaired) electrons. The van der Waals surface area contributed by atoms with Crippen LogP contribution < -0.4 is 10.1 Å². The van der Waals surface area contributed by atoms with Crippen LogP contribution in [0.4, 0.5) is 5.82 Å². The number of nitrogens with zero attached hydrogens (tertiary/aromatic N) is 4.